The molecule has 0 saturated carbocycles. The number of aliphatic hydroxyl groups excluding tert-OH is 1. The third-order valence-electron chi connectivity index (χ3n) is 3.66. The lowest BCUT2D eigenvalue weighted by molar-refractivity contribution is -0.127. The number of fused-ring (bicyclic) bond motifs is 1. The molecule has 1 unspecified atom stereocenters. The van der Waals surface area contributed by atoms with E-state index in [9.17, 15) is 4.79 Å². The van der Waals surface area contributed by atoms with Crippen LogP contribution in [0.25, 0.3) is 0 Å². The molecule has 0 spiro atoms. The molecular formula is C14H17NO4. The largest absolute Gasteiger partial charge is 0.454 e. The van der Waals surface area contributed by atoms with Gasteiger partial charge in [-0.15, -0.1) is 0 Å². The van der Waals surface area contributed by atoms with Crippen LogP contribution in [0.15, 0.2) is 18.2 Å². The van der Waals surface area contributed by atoms with Crippen LogP contribution in [0.5, 0.6) is 11.5 Å². The lowest BCUT2D eigenvalue weighted by Gasteiger charge is -2.16. The number of carbonyl (C=O) groups is 1. The van der Waals surface area contributed by atoms with E-state index in [4.69, 9.17) is 14.6 Å². The van der Waals surface area contributed by atoms with Gasteiger partial charge in [-0.05, 0) is 24.1 Å². The summed E-state index contributed by atoms with van der Waals surface area (Å²) in [6.45, 7) is 1.72. The molecule has 5 heteroatoms. The molecule has 3 rings (SSSR count). The first kappa shape index (κ1) is 12.3. The van der Waals surface area contributed by atoms with Crippen LogP contribution in [0.3, 0.4) is 0 Å². The highest BCUT2D eigenvalue weighted by Gasteiger charge is 2.28. The quantitative estimate of drug-likeness (QED) is 0.873. The van der Waals surface area contributed by atoms with Crippen molar-refractivity contribution in [3.63, 3.8) is 0 Å². The van der Waals surface area contributed by atoms with E-state index in [0.29, 0.717) is 19.5 Å². The molecule has 1 fully saturated rings. The Kier molecular flexibility index (Phi) is 3.29. The second-order valence-electron chi connectivity index (χ2n) is 5.03. The topological polar surface area (TPSA) is 59.0 Å². The van der Waals surface area contributed by atoms with Gasteiger partial charge in [0.15, 0.2) is 11.5 Å². The molecular weight excluding hydrogens is 246 g/mol. The van der Waals surface area contributed by atoms with Gasteiger partial charge in [0.2, 0.25) is 12.7 Å². The lowest BCUT2D eigenvalue weighted by atomic mass is 10.1. The minimum absolute atomic E-state index is 0.0895. The van der Waals surface area contributed by atoms with Crippen molar-refractivity contribution in [1.29, 1.82) is 0 Å². The summed E-state index contributed by atoms with van der Waals surface area (Å²) in [5, 5.41) is 9.08. The van der Waals surface area contributed by atoms with Crippen molar-refractivity contribution >= 4 is 5.91 Å². The summed E-state index contributed by atoms with van der Waals surface area (Å²) in [4.78, 5) is 13.5. The van der Waals surface area contributed by atoms with Gasteiger partial charge in [-0.1, -0.05) is 6.07 Å². The first-order valence-electron chi connectivity index (χ1n) is 6.53. The van der Waals surface area contributed by atoms with Gasteiger partial charge in [-0.25, -0.2) is 0 Å². The lowest BCUT2D eigenvalue weighted by Crippen LogP contribution is -2.27. The summed E-state index contributed by atoms with van der Waals surface area (Å²) in [6.07, 6.45) is 1.26. The minimum Gasteiger partial charge on any atom is -0.454 e. The van der Waals surface area contributed by atoms with Gasteiger partial charge in [0.25, 0.3) is 0 Å². The van der Waals surface area contributed by atoms with Crippen molar-refractivity contribution in [3.8, 4) is 11.5 Å². The van der Waals surface area contributed by atoms with Crippen molar-refractivity contribution in [3.05, 3.63) is 23.8 Å². The average molecular weight is 263 g/mol. The van der Waals surface area contributed by atoms with Gasteiger partial charge >= 0.3 is 0 Å². The molecule has 0 aromatic heterocycles. The molecule has 19 heavy (non-hydrogen) atoms. The van der Waals surface area contributed by atoms with E-state index in [1.165, 1.54) is 0 Å². The first-order chi connectivity index (χ1) is 9.26. The monoisotopic (exact) mass is 263 g/mol. The van der Waals surface area contributed by atoms with Crippen LogP contribution in [0.1, 0.15) is 12.0 Å². The smallest absolute Gasteiger partial charge is 0.231 e. The fraction of sp³-hybridized carbons (Fsp3) is 0.500. The third kappa shape index (κ3) is 2.51. The van der Waals surface area contributed by atoms with Crippen LogP contribution in [-0.2, 0) is 11.2 Å². The van der Waals surface area contributed by atoms with Crippen molar-refractivity contribution < 1.29 is 19.4 Å². The second kappa shape index (κ2) is 5.09. The highest BCUT2D eigenvalue weighted by Crippen LogP contribution is 2.32. The van der Waals surface area contributed by atoms with Crippen molar-refractivity contribution in [1.82, 2.24) is 4.90 Å². The summed E-state index contributed by atoms with van der Waals surface area (Å²) >= 11 is 0. The van der Waals surface area contributed by atoms with Crippen LogP contribution in [0.2, 0.25) is 0 Å². The molecule has 1 N–H and O–H groups in total. The maximum Gasteiger partial charge on any atom is 0.231 e. The van der Waals surface area contributed by atoms with E-state index in [-0.39, 0.29) is 25.2 Å². The van der Waals surface area contributed by atoms with Gasteiger partial charge in [0.05, 0.1) is 0 Å². The Morgan fingerprint density at radius 2 is 2.16 bits per heavy atom. The standard InChI is InChI=1S/C14H17NO4/c16-8-11-6-14(17)15(7-11)4-3-10-1-2-12-13(5-10)19-9-18-12/h1-2,5,11,16H,3-4,6-9H2. The van der Waals surface area contributed by atoms with Crippen LogP contribution in [0, 0.1) is 5.92 Å². The molecule has 1 saturated heterocycles. The van der Waals surface area contributed by atoms with E-state index in [1.54, 1.807) is 0 Å². The second-order valence-corrected chi connectivity index (χ2v) is 5.03. The van der Waals surface area contributed by atoms with E-state index < -0.39 is 0 Å². The molecule has 2 heterocycles. The van der Waals surface area contributed by atoms with Crippen LogP contribution in [0.4, 0.5) is 0 Å². The third-order valence-corrected chi connectivity index (χ3v) is 3.66. The Bertz CT molecular complexity index is 488. The summed E-state index contributed by atoms with van der Waals surface area (Å²) in [7, 11) is 0. The fourth-order valence-electron chi connectivity index (χ4n) is 2.55. The number of rotatable bonds is 4. The van der Waals surface area contributed by atoms with E-state index in [0.717, 1.165) is 23.5 Å². The van der Waals surface area contributed by atoms with Crippen LogP contribution in [-0.4, -0.2) is 42.4 Å². The van der Waals surface area contributed by atoms with Gasteiger partial charge in [-0.2, -0.15) is 0 Å². The highest BCUT2D eigenvalue weighted by atomic mass is 16.7. The number of ether oxygens (including phenoxy) is 2. The number of amides is 1. The molecule has 102 valence electrons. The summed E-state index contributed by atoms with van der Waals surface area (Å²) in [5.41, 5.74) is 1.13. The van der Waals surface area contributed by atoms with Crippen LogP contribution >= 0.6 is 0 Å². The zero-order valence-corrected chi connectivity index (χ0v) is 10.7. The molecule has 2 aliphatic rings. The van der Waals surface area contributed by atoms with E-state index in [1.807, 2.05) is 23.1 Å². The van der Waals surface area contributed by atoms with Gasteiger partial charge in [0, 0.05) is 32.0 Å². The number of nitrogens with zero attached hydrogens (tertiary/aromatic N) is 1. The molecule has 1 aromatic rings. The van der Waals surface area contributed by atoms with Crippen molar-refractivity contribution in [2.75, 3.05) is 26.5 Å². The van der Waals surface area contributed by atoms with Crippen molar-refractivity contribution in [2.24, 2.45) is 5.92 Å². The Morgan fingerprint density at radius 1 is 1.32 bits per heavy atom. The average Bonchev–Trinajstić information content (AvgIpc) is 3.02. The number of aliphatic hydroxyl groups is 1. The molecule has 1 amide bonds. The molecule has 0 bridgehead atoms. The zero-order valence-electron chi connectivity index (χ0n) is 10.7. The highest BCUT2D eigenvalue weighted by molar-refractivity contribution is 5.78. The molecule has 0 aliphatic carbocycles. The summed E-state index contributed by atoms with van der Waals surface area (Å²) < 4.78 is 10.6. The Labute approximate surface area is 111 Å². The van der Waals surface area contributed by atoms with E-state index in [2.05, 4.69) is 0 Å². The summed E-state index contributed by atoms with van der Waals surface area (Å²) in [6, 6.07) is 5.87. The number of carbonyl (C=O) groups excluding carboxylic acids is 1. The number of likely N-dealkylation sites (tertiary alicyclic amines) is 1. The van der Waals surface area contributed by atoms with Gasteiger partial charge < -0.3 is 19.5 Å². The van der Waals surface area contributed by atoms with Gasteiger partial charge in [-0.3, -0.25) is 4.79 Å². The predicted octanol–water partition coefficient (Wildman–Crippen LogP) is 0.799. The molecule has 5 nitrogen and oxygen atoms in total. The Hall–Kier alpha value is -1.75. The Balaban J connectivity index is 1.59. The van der Waals surface area contributed by atoms with Crippen LogP contribution < -0.4 is 9.47 Å². The predicted molar refractivity (Wildman–Crippen MR) is 68.0 cm³/mol. The first-order valence-corrected chi connectivity index (χ1v) is 6.53. The zero-order chi connectivity index (χ0) is 13.2. The molecule has 0 radical (unpaired) electrons. The minimum atomic E-state index is 0.0895. The number of hydrogen-bond acceptors (Lipinski definition) is 4. The maximum atomic E-state index is 11.7. The SMILES string of the molecule is O=C1CC(CO)CN1CCc1ccc2c(c1)OCO2. The normalized spacial score (nSPS) is 21.2. The van der Waals surface area contributed by atoms with E-state index >= 15 is 0 Å². The Morgan fingerprint density at radius 3 is 2.95 bits per heavy atom. The molecule has 1 atom stereocenters. The van der Waals surface area contributed by atoms with Crippen molar-refractivity contribution in [2.45, 2.75) is 12.8 Å². The number of hydrogen-bond donors (Lipinski definition) is 1. The maximum absolute atomic E-state index is 11.7. The molecule has 1 aromatic carbocycles. The number of benzene rings is 1. The summed E-state index contributed by atoms with van der Waals surface area (Å²) in [5.74, 6) is 1.80. The van der Waals surface area contributed by atoms with Gasteiger partial charge in [0.1, 0.15) is 0 Å². The fourth-order valence-corrected chi connectivity index (χ4v) is 2.55. The molecule has 2 aliphatic heterocycles.